The number of carbonyl (C=O) groups is 1. The van der Waals surface area contributed by atoms with Crippen molar-refractivity contribution in [2.24, 2.45) is 0 Å². The maximum absolute atomic E-state index is 12.7. The molecule has 0 unspecified atom stereocenters. The van der Waals surface area contributed by atoms with Gasteiger partial charge < -0.3 is 4.90 Å². The number of benzene rings is 2. The lowest BCUT2D eigenvalue weighted by Gasteiger charge is -2.34. The fourth-order valence-corrected chi connectivity index (χ4v) is 4.49. The van der Waals surface area contributed by atoms with E-state index in [2.05, 4.69) is 4.90 Å². The molecule has 144 valence electrons. The van der Waals surface area contributed by atoms with Gasteiger partial charge in [0.1, 0.15) is 0 Å². The van der Waals surface area contributed by atoms with Crippen molar-refractivity contribution in [2.45, 2.75) is 11.4 Å². The molecule has 27 heavy (non-hydrogen) atoms. The van der Waals surface area contributed by atoms with Crippen LogP contribution in [0.1, 0.15) is 15.9 Å². The molecule has 0 atom stereocenters. The van der Waals surface area contributed by atoms with Crippen LogP contribution < -0.4 is 0 Å². The Balaban J connectivity index is 1.64. The first-order chi connectivity index (χ1) is 12.7. The average molecular weight is 427 g/mol. The summed E-state index contributed by atoms with van der Waals surface area (Å²) in [6.45, 7) is 3.48. The lowest BCUT2D eigenvalue weighted by atomic mass is 10.1. The van der Waals surface area contributed by atoms with E-state index in [1.165, 1.54) is 17.7 Å². The van der Waals surface area contributed by atoms with Gasteiger partial charge in [0.25, 0.3) is 5.91 Å². The second-order valence-corrected chi connectivity index (χ2v) is 9.44. The molecule has 8 heteroatoms. The summed E-state index contributed by atoms with van der Waals surface area (Å²) < 4.78 is 23.6. The zero-order chi connectivity index (χ0) is 19.6. The van der Waals surface area contributed by atoms with Crippen LogP contribution >= 0.6 is 23.2 Å². The molecular weight excluding hydrogens is 407 g/mol. The van der Waals surface area contributed by atoms with Crippen LogP contribution in [0.25, 0.3) is 0 Å². The Morgan fingerprint density at radius 1 is 1.00 bits per heavy atom. The summed E-state index contributed by atoms with van der Waals surface area (Å²) in [4.78, 5) is 16.7. The molecule has 1 aliphatic heterocycles. The zero-order valence-corrected chi connectivity index (χ0v) is 17.2. The Labute approximate surface area is 169 Å². The monoisotopic (exact) mass is 426 g/mol. The number of sulfone groups is 1. The molecule has 0 saturated carbocycles. The minimum Gasteiger partial charge on any atom is -0.336 e. The summed E-state index contributed by atoms with van der Waals surface area (Å²) in [5.41, 5.74) is 1.51. The predicted molar refractivity (Wildman–Crippen MR) is 107 cm³/mol. The van der Waals surface area contributed by atoms with Gasteiger partial charge in [-0.15, -0.1) is 0 Å². The molecule has 0 aliphatic carbocycles. The summed E-state index contributed by atoms with van der Waals surface area (Å²) in [5, 5.41) is 0.840. The highest BCUT2D eigenvalue weighted by atomic mass is 35.5. The molecule has 0 N–H and O–H groups in total. The van der Waals surface area contributed by atoms with E-state index >= 15 is 0 Å². The molecule has 0 radical (unpaired) electrons. The molecule has 2 aromatic carbocycles. The predicted octanol–water partition coefficient (Wildman–Crippen LogP) is 3.35. The van der Waals surface area contributed by atoms with Gasteiger partial charge in [0.15, 0.2) is 9.84 Å². The van der Waals surface area contributed by atoms with Gasteiger partial charge in [-0.25, -0.2) is 8.42 Å². The van der Waals surface area contributed by atoms with Crippen molar-refractivity contribution in [3.63, 3.8) is 0 Å². The smallest absolute Gasteiger partial charge is 0.253 e. The van der Waals surface area contributed by atoms with E-state index in [0.29, 0.717) is 23.7 Å². The Morgan fingerprint density at radius 2 is 1.63 bits per heavy atom. The van der Waals surface area contributed by atoms with Crippen LogP contribution in [0.4, 0.5) is 0 Å². The fraction of sp³-hybridized carbons (Fsp3) is 0.316. The molecule has 0 bridgehead atoms. The quantitative estimate of drug-likeness (QED) is 0.751. The second-order valence-electron chi connectivity index (χ2n) is 6.61. The van der Waals surface area contributed by atoms with E-state index in [0.717, 1.165) is 25.9 Å². The fourth-order valence-electron chi connectivity index (χ4n) is 3.06. The summed E-state index contributed by atoms with van der Waals surface area (Å²) in [6.07, 6.45) is 1.08. The Morgan fingerprint density at radius 3 is 2.22 bits per heavy atom. The molecule has 0 aromatic heterocycles. The maximum Gasteiger partial charge on any atom is 0.253 e. The molecule has 3 rings (SSSR count). The molecule has 1 fully saturated rings. The highest BCUT2D eigenvalue weighted by molar-refractivity contribution is 7.90. The van der Waals surface area contributed by atoms with Crippen LogP contribution in [0, 0.1) is 0 Å². The van der Waals surface area contributed by atoms with Gasteiger partial charge >= 0.3 is 0 Å². The highest BCUT2D eigenvalue weighted by Gasteiger charge is 2.24. The van der Waals surface area contributed by atoms with E-state index in [-0.39, 0.29) is 15.8 Å². The van der Waals surface area contributed by atoms with Crippen molar-refractivity contribution >= 4 is 38.9 Å². The van der Waals surface area contributed by atoms with Crippen LogP contribution in [0.15, 0.2) is 47.4 Å². The molecule has 1 amide bonds. The molecule has 1 saturated heterocycles. The SMILES string of the molecule is CS(=O)(=O)c1cc(C(=O)N2CCN(Cc3ccc(Cl)cc3)CC2)ccc1Cl. The third-order valence-electron chi connectivity index (χ3n) is 4.56. The van der Waals surface area contributed by atoms with E-state index in [1.54, 1.807) is 11.0 Å². The number of piperazine rings is 1. The minimum atomic E-state index is -3.49. The normalized spacial score (nSPS) is 15.7. The first kappa shape index (κ1) is 20.1. The second kappa shape index (κ2) is 8.19. The van der Waals surface area contributed by atoms with Crippen molar-refractivity contribution in [1.29, 1.82) is 0 Å². The lowest BCUT2D eigenvalue weighted by Crippen LogP contribution is -2.48. The van der Waals surface area contributed by atoms with Crippen molar-refractivity contribution in [3.8, 4) is 0 Å². The Hall–Kier alpha value is -1.60. The van der Waals surface area contributed by atoms with E-state index in [1.807, 2.05) is 24.3 Å². The highest BCUT2D eigenvalue weighted by Crippen LogP contribution is 2.23. The largest absolute Gasteiger partial charge is 0.336 e. The summed E-state index contributed by atoms with van der Waals surface area (Å²) in [6, 6.07) is 12.1. The summed E-state index contributed by atoms with van der Waals surface area (Å²) in [5.74, 6) is -0.178. The topological polar surface area (TPSA) is 57.7 Å². The third kappa shape index (κ3) is 5.02. The molecule has 2 aromatic rings. The molecule has 5 nitrogen and oxygen atoms in total. The molecule has 0 spiro atoms. The van der Waals surface area contributed by atoms with E-state index < -0.39 is 9.84 Å². The van der Waals surface area contributed by atoms with Crippen molar-refractivity contribution < 1.29 is 13.2 Å². The number of hydrogen-bond acceptors (Lipinski definition) is 4. The van der Waals surface area contributed by atoms with Crippen LogP contribution in [-0.2, 0) is 16.4 Å². The number of halogens is 2. The number of amides is 1. The zero-order valence-electron chi connectivity index (χ0n) is 14.9. The first-order valence-electron chi connectivity index (χ1n) is 8.50. The number of hydrogen-bond donors (Lipinski definition) is 0. The average Bonchev–Trinajstić information content (AvgIpc) is 2.63. The van der Waals surface area contributed by atoms with E-state index in [4.69, 9.17) is 23.2 Å². The molecule has 1 heterocycles. The van der Waals surface area contributed by atoms with E-state index in [9.17, 15) is 13.2 Å². The van der Waals surface area contributed by atoms with Gasteiger partial charge in [-0.1, -0.05) is 35.3 Å². The van der Waals surface area contributed by atoms with Crippen LogP contribution in [0.2, 0.25) is 10.0 Å². The van der Waals surface area contributed by atoms with Crippen LogP contribution in [0.3, 0.4) is 0 Å². The number of carbonyl (C=O) groups excluding carboxylic acids is 1. The molecule has 1 aliphatic rings. The van der Waals surface area contributed by atoms with Gasteiger partial charge in [-0.3, -0.25) is 9.69 Å². The van der Waals surface area contributed by atoms with Crippen LogP contribution in [0.5, 0.6) is 0 Å². The van der Waals surface area contributed by atoms with Crippen molar-refractivity contribution in [2.75, 3.05) is 32.4 Å². The molecular formula is C19H20Cl2N2O3S. The third-order valence-corrected chi connectivity index (χ3v) is 6.39. The van der Waals surface area contributed by atoms with Crippen molar-refractivity contribution in [1.82, 2.24) is 9.80 Å². The Kier molecular flexibility index (Phi) is 6.11. The first-order valence-corrected chi connectivity index (χ1v) is 11.1. The van der Waals surface area contributed by atoms with Crippen molar-refractivity contribution in [3.05, 3.63) is 63.6 Å². The lowest BCUT2D eigenvalue weighted by molar-refractivity contribution is 0.0628. The standard InChI is InChI=1S/C19H20Cl2N2O3S/c1-27(25,26)18-12-15(4-7-17(18)21)19(24)23-10-8-22(9-11-23)13-14-2-5-16(20)6-3-14/h2-7,12H,8-11,13H2,1H3. The summed E-state index contributed by atoms with van der Waals surface area (Å²) in [7, 11) is -3.49. The van der Waals surface area contributed by atoms with Gasteiger partial charge in [-0.2, -0.15) is 0 Å². The van der Waals surface area contributed by atoms with Gasteiger partial charge in [0, 0.05) is 49.6 Å². The van der Waals surface area contributed by atoms with Crippen LogP contribution in [-0.4, -0.2) is 56.6 Å². The minimum absolute atomic E-state index is 0.0172. The maximum atomic E-state index is 12.7. The number of nitrogens with zero attached hydrogens (tertiary/aromatic N) is 2. The number of rotatable bonds is 4. The van der Waals surface area contributed by atoms with Gasteiger partial charge in [0.05, 0.1) is 9.92 Å². The van der Waals surface area contributed by atoms with Gasteiger partial charge in [0.2, 0.25) is 0 Å². The summed E-state index contributed by atoms with van der Waals surface area (Å²) >= 11 is 11.9. The van der Waals surface area contributed by atoms with Gasteiger partial charge in [-0.05, 0) is 35.9 Å². The Bertz CT molecular complexity index is 938.